The molecule has 1 aromatic carbocycles. The first-order valence-electron chi connectivity index (χ1n) is 5.84. The molecule has 1 heterocycles. The monoisotopic (exact) mass is 218 g/mol. The van der Waals surface area contributed by atoms with Crippen molar-refractivity contribution in [2.24, 2.45) is 0 Å². The zero-order valence-electron chi connectivity index (χ0n) is 9.94. The fraction of sp³-hybridized carbons (Fsp3) is 0.462. The highest BCUT2D eigenvalue weighted by atomic mass is 16.2. The lowest BCUT2D eigenvalue weighted by atomic mass is 10.1. The molecule has 16 heavy (non-hydrogen) atoms. The fourth-order valence-corrected chi connectivity index (χ4v) is 2.08. The smallest absolute Gasteiger partial charge is 0.246 e. The summed E-state index contributed by atoms with van der Waals surface area (Å²) in [5.74, 6) is 0.203. The van der Waals surface area contributed by atoms with Gasteiger partial charge in [-0.15, -0.1) is 0 Å². The Kier molecular flexibility index (Phi) is 3.13. The highest BCUT2D eigenvalue weighted by Gasteiger charge is 2.25. The molecule has 0 unspecified atom stereocenters. The highest BCUT2D eigenvalue weighted by Crippen LogP contribution is 2.32. The van der Waals surface area contributed by atoms with Gasteiger partial charge in [0.1, 0.15) is 0 Å². The van der Waals surface area contributed by atoms with E-state index in [-0.39, 0.29) is 5.91 Å². The molecular weight excluding hydrogens is 200 g/mol. The summed E-state index contributed by atoms with van der Waals surface area (Å²) >= 11 is 0. The van der Waals surface area contributed by atoms with Gasteiger partial charge in [-0.05, 0) is 18.6 Å². The van der Waals surface area contributed by atoms with Crippen molar-refractivity contribution >= 4 is 17.3 Å². The number of hydrogen-bond acceptors (Lipinski definition) is 2. The van der Waals surface area contributed by atoms with Crippen LogP contribution < -0.4 is 9.80 Å². The van der Waals surface area contributed by atoms with Crippen LogP contribution in [-0.2, 0) is 4.79 Å². The maximum Gasteiger partial charge on any atom is 0.246 e. The Morgan fingerprint density at radius 2 is 1.94 bits per heavy atom. The summed E-state index contributed by atoms with van der Waals surface area (Å²) in [4.78, 5) is 15.9. The molecule has 1 amide bonds. The summed E-state index contributed by atoms with van der Waals surface area (Å²) in [5.41, 5.74) is 2.20. The van der Waals surface area contributed by atoms with Crippen LogP contribution in [0.15, 0.2) is 24.3 Å². The molecule has 0 N–H and O–H groups in total. The molecule has 0 bridgehead atoms. The predicted molar refractivity (Wildman–Crippen MR) is 67.0 cm³/mol. The van der Waals surface area contributed by atoms with Crippen LogP contribution in [0.3, 0.4) is 0 Å². The van der Waals surface area contributed by atoms with E-state index in [0.717, 1.165) is 30.8 Å². The summed E-state index contributed by atoms with van der Waals surface area (Å²) in [6, 6.07) is 8.10. The number of nitrogens with zero attached hydrogens (tertiary/aromatic N) is 2. The largest absolute Gasteiger partial charge is 0.364 e. The quantitative estimate of drug-likeness (QED) is 0.777. The first-order chi connectivity index (χ1) is 7.74. The number of carbonyl (C=O) groups excluding carboxylic acids is 1. The molecule has 0 aromatic heterocycles. The number of fused-ring (bicyclic) bond motifs is 1. The van der Waals surface area contributed by atoms with Crippen LogP contribution in [0.5, 0.6) is 0 Å². The third-order valence-electron chi connectivity index (χ3n) is 2.99. The van der Waals surface area contributed by atoms with Gasteiger partial charge in [0, 0.05) is 13.6 Å². The van der Waals surface area contributed by atoms with Crippen LogP contribution in [0.2, 0.25) is 0 Å². The molecule has 1 aliphatic heterocycles. The SMILES string of the molecule is CCCCN1C(=O)CN(C)c2ccccc21. The van der Waals surface area contributed by atoms with Crippen LogP contribution in [0, 0.1) is 0 Å². The summed E-state index contributed by atoms with van der Waals surface area (Å²) in [7, 11) is 1.97. The number of hydrogen-bond donors (Lipinski definition) is 0. The Morgan fingerprint density at radius 3 is 2.62 bits per heavy atom. The number of rotatable bonds is 3. The van der Waals surface area contributed by atoms with Crippen molar-refractivity contribution < 1.29 is 4.79 Å². The first-order valence-corrected chi connectivity index (χ1v) is 5.84. The molecule has 0 radical (unpaired) electrons. The fourth-order valence-electron chi connectivity index (χ4n) is 2.08. The van der Waals surface area contributed by atoms with Gasteiger partial charge in [0.2, 0.25) is 5.91 Å². The highest BCUT2D eigenvalue weighted by molar-refractivity contribution is 6.03. The third kappa shape index (κ3) is 1.90. The molecule has 0 aliphatic carbocycles. The molecule has 0 saturated carbocycles. The average Bonchev–Trinajstić information content (AvgIpc) is 2.29. The van der Waals surface area contributed by atoms with Crippen molar-refractivity contribution in [3.63, 3.8) is 0 Å². The van der Waals surface area contributed by atoms with Gasteiger partial charge in [-0.2, -0.15) is 0 Å². The first kappa shape index (κ1) is 11.0. The van der Waals surface area contributed by atoms with E-state index in [4.69, 9.17) is 0 Å². The second-order valence-electron chi connectivity index (χ2n) is 4.24. The van der Waals surface area contributed by atoms with Crippen LogP contribution in [0.25, 0.3) is 0 Å². The van der Waals surface area contributed by atoms with Crippen molar-refractivity contribution in [2.45, 2.75) is 19.8 Å². The topological polar surface area (TPSA) is 23.6 Å². The molecule has 0 fully saturated rings. The van der Waals surface area contributed by atoms with Gasteiger partial charge in [-0.3, -0.25) is 4.79 Å². The number of para-hydroxylation sites is 2. The van der Waals surface area contributed by atoms with Crippen molar-refractivity contribution in [2.75, 3.05) is 29.9 Å². The molecule has 3 heteroatoms. The van der Waals surface area contributed by atoms with Crippen LogP contribution in [0.4, 0.5) is 11.4 Å². The molecule has 0 atom stereocenters. The molecule has 2 rings (SSSR count). The maximum absolute atomic E-state index is 12.0. The van der Waals surface area contributed by atoms with Crippen molar-refractivity contribution in [3.05, 3.63) is 24.3 Å². The predicted octanol–water partition coefficient (Wildman–Crippen LogP) is 2.27. The van der Waals surface area contributed by atoms with Gasteiger partial charge in [0.15, 0.2) is 0 Å². The van der Waals surface area contributed by atoms with Gasteiger partial charge in [-0.1, -0.05) is 25.5 Å². The number of anilines is 2. The summed E-state index contributed by atoms with van der Waals surface area (Å²) in [6.07, 6.45) is 2.17. The molecule has 3 nitrogen and oxygen atoms in total. The second kappa shape index (κ2) is 4.56. The Balaban J connectivity index is 2.31. The van der Waals surface area contributed by atoms with Crippen molar-refractivity contribution in [1.82, 2.24) is 0 Å². The van der Waals surface area contributed by atoms with Gasteiger partial charge in [0.25, 0.3) is 0 Å². The summed E-state index contributed by atoms with van der Waals surface area (Å²) in [5, 5.41) is 0. The van der Waals surface area contributed by atoms with E-state index < -0.39 is 0 Å². The molecule has 0 spiro atoms. The molecular formula is C13H18N2O. The van der Waals surface area contributed by atoms with E-state index >= 15 is 0 Å². The van der Waals surface area contributed by atoms with Crippen LogP contribution >= 0.6 is 0 Å². The van der Waals surface area contributed by atoms with E-state index in [1.54, 1.807) is 0 Å². The Morgan fingerprint density at radius 1 is 1.25 bits per heavy atom. The number of likely N-dealkylation sites (N-methyl/N-ethyl adjacent to an activating group) is 1. The van der Waals surface area contributed by atoms with Crippen LogP contribution in [0.1, 0.15) is 19.8 Å². The average molecular weight is 218 g/mol. The van der Waals surface area contributed by atoms with E-state index in [0.29, 0.717) is 6.54 Å². The second-order valence-corrected chi connectivity index (χ2v) is 4.24. The summed E-state index contributed by atoms with van der Waals surface area (Å²) < 4.78 is 0. The van der Waals surface area contributed by atoms with Gasteiger partial charge in [-0.25, -0.2) is 0 Å². The van der Waals surface area contributed by atoms with Crippen molar-refractivity contribution in [3.8, 4) is 0 Å². The molecule has 1 aromatic rings. The van der Waals surface area contributed by atoms with Gasteiger partial charge < -0.3 is 9.80 Å². The molecule has 0 saturated heterocycles. The minimum absolute atomic E-state index is 0.203. The van der Waals surface area contributed by atoms with Gasteiger partial charge in [0.05, 0.1) is 17.9 Å². The normalized spacial score (nSPS) is 15.2. The molecule has 86 valence electrons. The minimum atomic E-state index is 0.203. The third-order valence-corrected chi connectivity index (χ3v) is 2.99. The van der Waals surface area contributed by atoms with Gasteiger partial charge >= 0.3 is 0 Å². The number of unbranched alkanes of at least 4 members (excludes halogenated alkanes) is 1. The van der Waals surface area contributed by atoms with E-state index in [9.17, 15) is 4.79 Å². The number of amides is 1. The number of benzene rings is 1. The van der Waals surface area contributed by atoms with E-state index in [1.165, 1.54) is 0 Å². The number of carbonyl (C=O) groups is 1. The maximum atomic E-state index is 12.0. The summed E-state index contributed by atoms with van der Waals surface area (Å²) in [6.45, 7) is 3.47. The lowest BCUT2D eigenvalue weighted by Gasteiger charge is -2.35. The van der Waals surface area contributed by atoms with E-state index in [1.807, 2.05) is 35.0 Å². The van der Waals surface area contributed by atoms with Crippen LogP contribution in [-0.4, -0.2) is 26.0 Å². The minimum Gasteiger partial charge on any atom is -0.364 e. The Bertz CT molecular complexity index is 389. The van der Waals surface area contributed by atoms with E-state index in [2.05, 4.69) is 13.0 Å². The Hall–Kier alpha value is -1.51. The lowest BCUT2D eigenvalue weighted by molar-refractivity contribution is -0.117. The standard InChI is InChI=1S/C13H18N2O/c1-3-4-9-15-12-8-6-5-7-11(12)14(2)10-13(15)16/h5-8H,3-4,9-10H2,1-2H3. The zero-order valence-corrected chi connectivity index (χ0v) is 9.94. The Labute approximate surface area is 96.7 Å². The zero-order chi connectivity index (χ0) is 11.5. The lowest BCUT2D eigenvalue weighted by Crippen LogP contribution is -2.44. The van der Waals surface area contributed by atoms with Crippen molar-refractivity contribution in [1.29, 1.82) is 0 Å². The molecule has 1 aliphatic rings.